The van der Waals surface area contributed by atoms with Gasteiger partial charge in [0.25, 0.3) is 0 Å². The van der Waals surface area contributed by atoms with Gasteiger partial charge < -0.3 is 4.74 Å². The molecule has 1 aliphatic heterocycles. The molecule has 1 heterocycles. The number of fused-ring (bicyclic) bond motifs is 1. The highest BCUT2D eigenvalue weighted by Gasteiger charge is 2.41. The summed E-state index contributed by atoms with van der Waals surface area (Å²) in [5.41, 5.74) is -0.0712. The minimum absolute atomic E-state index is 0.0287. The molecule has 66 valence electrons. The van der Waals surface area contributed by atoms with Crippen molar-refractivity contribution < 1.29 is 9.13 Å². The second-order valence-electron chi connectivity index (χ2n) is 4.01. The molecule has 1 nitrogen and oxygen atoms in total. The summed E-state index contributed by atoms with van der Waals surface area (Å²) in [7, 11) is 0. The topological polar surface area (TPSA) is 9.23 Å². The fourth-order valence-corrected chi connectivity index (χ4v) is 2.13. The summed E-state index contributed by atoms with van der Waals surface area (Å²) in [6, 6.07) is 0. The Balaban J connectivity index is 2.31. The first-order valence-electron chi connectivity index (χ1n) is 4.34. The second kappa shape index (κ2) is 2.35. The Bertz CT molecular complexity index is 267. The van der Waals surface area contributed by atoms with Crippen LogP contribution in [0.1, 0.15) is 26.7 Å². The Hall–Kier alpha value is -0.790. The zero-order valence-corrected chi connectivity index (χ0v) is 7.43. The van der Waals surface area contributed by atoms with Crippen LogP contribution >= 0.6 is 0 Å². The zero-order chi connectivity index (χ0) is 8.77. The van der Waals surface area contributed by atoms with Crippen molar-refractivity contribution in [2.24, 2.45) is 5.41 Å². The molecular weight excluding hydrogens is 155 g/mol. The van der Waals surface area contributed by atoms with E-state index in [1.807, 2.05) is 6.92 Å². The van der Waals surface area contributed by atoms with E-state index in [4.69, 9.17) is 4.74 Å². The number of rotatable bonds is 0. The normalized spacial score (nSPS) is 39.8. The molecule has 0 spiro atoms. The van der Waals surface area contributed by atoms with E-state index in [2.05, 4.69) is 6.92 Å². The summed E-state index contributed by atoms with van der Waals surface area (Å²) in [6.45, 7) is 4.09. The molecule has 0 saturated carbocycles. The molecule has 12 heavy (non-hydrogen) atoms. The molecule has 0 aromatic rings. The highest BCUT2D eigenvalue weighted by molar-refractivity contribution is 5.26. The lowest BCUT2D eigenvalue weighted by Gasteiger charge is -2.24. The smallest absolute Gasteiger partial charge is 0.103 e. The fraction of sp³-hybridized carbons (Fsp3) is 0.600. The van der Waals surface area contributed by atoms with E-state index in [1.54, 1.807) is 6.08 Å². The van der Waals surface area contributed by atoms with Gasteiger partial charge >= 0.3 is 0 Å². The third-order valence-corrected chi connectivity index (χ3v) is 2.64. The van der Waals surface area contributed by atoms with Crippen LogP contribution in [0.25, 0.3) is 0 Å². The maximum atomic E-state index is 13.0. The molecule has 2 unspecified atom stereocenters. The fourth-order valence-electron chi connectivity index (χ4n) is 2.13. The summed E-state index contributed by atoms with van der Waals surface area (Å²) in [5, 5.41) is 0. The summed E-state index contributed by atoms with van der Waals surface area (Å²) in [6.07, 6.45) is 4.95. The standard InChI is InChI=1S/C10H13FO/c1-7-5-10(2)6-8(11)3-4-9(10)12-7/h3-4,7H,5-6H2,1-2H3. The molecule has 1 aliphatic carbocycles. The molecule has 0 aromatic carbocycles. The summed E-state index contributed by atoms with van der Waals surface area (Å²) in [5.74, 6) is 0.926. The average molecular weight is 168 g/mol. The third kappa shape index (κ3) is 1.06. The molecule has 0 N–H and O–H groups in total. The first-order chi connectivity index (χ1) is 5.60. The van der Waals surface area contributed by atoms with Gasteiger partial charge in [-0.3, -0.25) is 0 Å². The first-order valence-corrected chi connectivity index (χ1v) is 4.34. The monoisotopic (exact) mass is 168 g/mol. The van der Waals surface area contributed by atoms with Crippen molar-refractivity contribution in [1.82, 2.24) is 0 Å². The first kappa shape index (κ1) is 7.84. The quantitative estimate of drug-likeness (QED) is 0.540. The molecule has 2 heteroatoms. The van der Waals surface area contributed by atoms with E-state index in [9.17, 15) is 4.39 Å². The number of allylic oxidation sites excluding steroid dienone is 4. The van der Waals surface area contributed by atoms with Gasteiger partial charge in [-0.25, -0.2) is 4.39 Å². The van der Waals surface area contributed by atoms with Gasteiger partial charge in [0.05, 0.1) is 6.10 Å². The number of hydrogen-bond acceptors (Lipinski definition) is 1. The van der Waals surface area contributed by atoms with Gasteiger partial charge in [-0.1, -0.05) is 6.92 Å². The van der Waals surface area contributed by atoms with Crippen LogP contribution in [-0.2, 0) is 4.74 Å². The van der Waals surface area contributed by atoms with Crippen LogP contribution in [0, 0.1) is 5.41 Å². The van der Waals surface area contributed by atoms with Gasteiger partial charge in [-0.15, -0.1) is 0 Å². The Morgan fingerprint density at radius 1 is 1.58 bits per heavy atom. The Morgan fingerprint density at radius 3 is 3.08 bits per heavy atom. The van der Waals surface area contributed by atoms with Crippen molar-refractivity contribution in [3.05, 3.63) is 23.7 Å². The van der Waals surface area contributed by atoms with Gasteiger partial charge in [0.2, 0.25) is 0 Å². The van der Waals surface area contributed by atoms with Crippen molar-refractivity contribution in [1.29, 1.82) is 0 Å². The van der Waals surface area contributed by atoms with E-state index >= 15 is 0 Å². The molecule has 0 bridgehead atoms. The predicted octanol–water partition coefficient (Wildman–Crippen LogP) is 2.94. The molecule has 2 rings (SSSR count). The Labute approximate surface area is 71.9 Å². The van der Waals surface area contributed by atoms with Crippen LogP contribution < -0.4 is 0 Å². The van der Waals surface area contributed by atoms with Crippen molar-refractivity contribution in [3.63, 3.8) is 0 Å². The molecular formula is C10H13FO. The van der Waals surface area contributed by atoms with Crippen LogP contribution in [0.5, 0.6) is 0 Å². The van der Waals surface area contributed by atoms with Gasteiger partial charge in [0, 0.05) is 11.8 Å². The third-order valence-electron chi connectivity index (χ3n) is 2.64. The van der Waals surface area contributed by atoms with Crippen molar-refractivity contribution in [2.75, 3.05) is 0 Å². The summed E-state index contributed by atoms with van der Waals surface area (Å²) < 4.78 is 18.5. The Kier molecular flexibility index (Phi) is 1.53. The lowest BCUT2D eigenvalue weighted by atomic mass is 9.79. The van der Waals surface area contributed by atoms with E-state index in [0.717, 1.165) is 12.2 Å². The van der Waals surface area contributed by atoms with Crippen molar-refractivity contribution >= 4 is 0 Å². The van der Waals surface area contributed by atoms with Crippen LogP contribution in [0.4, 0.5) is 4.39 Å². The largest absolute Gasteiger partial charge is 0.494 e. The molecule has 1 saturated heterocycles. The number of ether oxygens (including phenoxy) is 1. The van der Waals surface area contributed by atoms with Crippen molar-refractivity contribution in [2.45, 2.75) is 32.8 Å². The SMILES string of the molecule is CC1CC2(C)CC(F)=CC=C2O1. The second-order valence-corrected chi connectivity index (χ2v) is 4.01. The molecule has 1 fully saturated rings. The molecule has 0 radical (unpaired) electrons. The maximum absolute atomic E-state index is 13.0. The lowest BCUT2D eigenvalue weighted by Crippen LogP contribution is -2.17. The molecule has 0 aromatic heterocycles. The van der Waals surface area contributed by atoms with Crippen LogP contribution in [0.3, 0.4) is 0 Å². The summed E-state index contributed by atoms with van der Waals surface area (Å²) >= 11 is 0. The number of hydrogen-bond donors (Lipinski definition) is 0. The van der Waals surface area contributed by atoms with E-state index in [1.165, 1.54) is 6.08 Å². The van der Waals surface area contributed by atoms with Crippen molar-refractivity contribution in [3.8, 4) is 0 Å². The molecule has 2 aliphatic rings. The van der Waals surface area contributed by atoms with E-state index < -0.39 is 0 Å². The number of halogens is 1. The highest BCUT2D eigenvalue weighted by Crippen LogP contribution is 2.48. The maximum Gasteiger partial charge on any atom is 0.103 e. The van der Waals surface area contributed by atoms with Gasteiger partial charge in [-0.2, -0.15) is 0 Å². The summed E-state index contributed by atoms with van der Waals surface area (Å²) in [4.78, 5) is 0. The minimum atomic E-state index is -0.0712. The van der Waals surface area contributed by atoms with Crippen LogP contribution in [-0.4, -0.2) is 6.10 Å². The predicted molar refractivity (Wildman–Crippen MR) is 45.2 cm³/mol. The molecule has 0 amide bonds. The minimum Gasteiger partial charge on any atom is -0.494 e. The lowest BCUT2D eigenvalue weighted by molar-refractivity contribution is 0.173. The van der Waals surface area contributed by atoms with Gasteiger partial charge in [-0.05, 0) is 25.5 Å². The highest BCUT2D eigenvalue weighted by atomic mass is 19.1. The molecule has 2 atom stereocenters. The van der Waals surface area contributed by atoms with Crippen LogP contribution in [0.15, 0.2) is 23.7 Å². The van der Waals surface area contributed by atoms with E-state index in [-0.39, 0.29) is 17.3 Å². The van der Waals surface area contributed by atoms with Gasteiger partial charge in [0.1, 0.15) is 11.6 Å². The van der Waals surface area contributed by atoms with Gasteiger partial charge in [0.15, 0.2) is 0 Å². The Morgan fingerprint density at radius 2 is 2.33 bits per heavy atom. The zero-order valence-electron chi connectivity index (χ0n) is 7.43. The van der Waals surface area contributed by atoms with E-state index in [0.29, 0.717) is 6.42 Å². The average Bonchev–Trinajstić information content (AvgIpc) is 2.22. The van der Waals surface area contributed by atoms with Crippen LogP contribution in [0.2, 0.25) is 0 Å².